The Morgan fingerprint density at radius 1 is 1.25 bits per heavy atom. The highest BCUT2D eigenvalue weighted by molar-refractivity contribution is 6.34. The van der Waals surface area contributed by atoms with Crippen molar-refractivity contribution in [3.05, 3.63) is 17.2 Å². The van der Waals surface area contributed by atoms with E-state index in [0.717, 1.165) is 24.5 Å². The van der Waals surface area contributed by atoms with Gasteiger partial charge >= 0.3 is 0 Å². The van der Waals surface area contributed by atoms with Gasteiger partial charge in [0.25, 0.3) is 0 Å². The first-order valence-corrected chi connectivity index (χ1v) is 5.98. The maximum Gasteiger partial charge on any atom is 0.145 e. The predicted octanol–water partition coefficient (Wildman–Crippen LogP) is 2.92. The van der Waals surface area contributed by atoms with E-state index in [1.54, 1.807) is 13.2 Å². The summed E-state index contributed by atoms with van der Waals surface area (Å²) < 4.78 is 5.35. The zero-order valence-electron chi connectivity index (χ0n) is 9.50. The predicted molar refractivity (Wildman–Crippen MR) is 68.5 cm³/mol. The van der Waals surface area contributed by atoms with Crippen LogP contribution in [0.25, 0.3) is 0 Å². The van der Waals surface area contributed by atoms with Crippen molar-refractivity contribution >= 4 is 23.0 Å². The Hall–Kier alpha value is -1.09. The van der Waals surface area contributed by atoms with E-state index in [1.165, 1.54) is 19.3 Å². The molecule has 1 saturated heterocycles. The molecule has 1 heterocycles. The minimum Gasteiger partial charge on any atom is -0.494 e. The third kappa shape index (κ3) is 2.19. The number of halogens is 1. The van der Waals surface area contributed by atoms with Gasteiger partial charge in [-0.25, -0.2) is 0 Å². The third-order valence-corrected chi connectivity index (χ3v) is 3.23. The van der Waals surface area contributed by atoms with Crippen LogP contribution in [0.1, 0.15) is 19.3 Å². The number of ether oxygens (including phenoxy) is 1. The van der Waals surface area contributed by atoms with Crippen LogP contribution in [0.2, 0.25) is 5.02 Å². The molecule has 0 amide bonds. The Morgan fingerprint density at radius 2 is 1.94 bits per heavy atom. The molecule has 16 heavy (non-hydrogen) atoms. The molecule has 1 aromatic rings. The van der Waals surface area contributed by atoms with Crippen molar-refractivity contribution in [1.29, 1.82) is 0 Å². The number of nitrogens with zero attached hydrogens (tertiary/aromatic N) is 1. The molecule has 0 saturated carbocycles. The van der Waals surface area contributed by atoms with Crippen LogP contribution in [0, 0.1) is 0 Å². The molecular weight excluding hydrogens is 224 g/mol. The van der Waals surface area contributed by atoms with Crippen LogP contribution in [-0.2, 0) is 0 Å². The summed E-state index contributed by atoms with van der Waals surface area (Å²) in [6, 6.07) is 3.61. The van der Waals surface area contributed by atoms with E-state index >= 15 is 0 Å². The van der Waals surface area contributed by atoms with Gasteiger partial charge in [-0.05, 0) is 25.3 Å². The van der Waals surface area contributed by atoms with Gasteiger partial charge in [-0.1, -0.05) is 11.6 Å². The Morgan fingerprint density at radius 3 is 2.56 bits per heavy atom. The summed E-state index contributed by atoms with van der Waals surface area (Å²) in [5.41, 5.74) is 7.38. The number of methoxy groups -OCH3 is 1. The minimum absolute atomic E-state index is 0.641. The van der Waals surface area contributed by atoms with E-state index in [0.29, 0.717) is 10.7 Å². The zero-order chi connectivity index (χ0) is 11.5. The van der Waals surface area contributed by atoms with Crippen molar-refractivity contribution in [3.63, 3.8) is 0 Å². The van der Waals surface area contributed by atoms with E-state index in [9.17, 15) is 0 Å². The lowest BCUT2D eigenvalue weighted by molar-refractivity contribution is 0.413. The average molecular weight is 241 g/mol. The highest BCUT2D eigenvalue weighted by atomic mass is 35.5. The number of anilines is 2. The molecule has 0 aliphatic carbocycles. The lowest BCUT2D eigenvalue weighted by atomic mass is 10.1. The second-order valence-electron chi connectivity index (χ2n) is 4.10. The molecule has 2 N–H and O–H groups in total. The summed E-state index contributed by atoms with van der Waals surface area (Å²) in [6.45, 7) is 2.08. The second kappa shape index (κ2) is 4.83. The summed E-state index contributed by atoms with van der Waals surface area (Å²) in [5, 5.41) is 0.679. The Labute approximate surface area is 101 Å². The summed E-state index contributed by atoms with van der Waals surface area (Å²) in [7, 11) is 1.65. The summed E-state index contributed by atoms with van der Waals surface area (Å²) in [5.74, 6) is 0.770. The molecule has 0 atom stereocenters. The number of nitrogens with two attached hydrogens (primary N) is 1. The van der Waals surface area contributed by atoms with E-state index in [-0.39, 0.29) is 0 Å². The van der Waals surface area contributed by atoms with Gasteiger partial charge in [-0.15, -0.1) is 0 Å². The maximum absolute atomic E-state index is 6.25. The Kier molecular flexibility index (Phi) is 3.44. The van der Waals surface area contributed by atoms with Crippen molar-refractivity contribution in [2.24, 2.45) is 0 Å². The molecule has 1 aliphatic heterocycles. The number of hydrogen-bond acceptors (Lipinski definition) is 3. The van der Waals surface area contributed by atoms with Crippen molar-refractivity contribution in [2.75, 3.05) is 30.8 Å². The molecule has 2 rings (SSSR count). The van der Waals surface area contributed by atoms with Crippen LogP contribution >= 0.6 is 11.6 Å². The first-order chi connectivity index (χ1) is 7.72. The molecule has 0 spiro atoms. The molecule has 1 aromatic carbocycles. The van der Waals surface area contributed by atoms with Crippen molar-refractivity contribution in [3.8, 4) is 5.75 Å². The number of nitrogen functional groups attached to an aromatic ring is 1. The van der Waals surface area contributed by atoms with E-state index in [4.69, 9.17) is 22.1 Å². The number of benzene rings is 1. The average Bonchev–Trinajstić information content (AvgIpc) is 2.29. The smallest absolute Gasteiger partial charge is 0.145 e. The summed E-state index contributed by atoms with van der Waals surface area (Å²) in [4.78, 5) is 2.28. The highest BCUT2D eigenvalue weighted by Crippen LogP contribution is 2.39. The maximum atomic E-state index is 6.25. The van der Waals surface area contributed by atoms with Crippen LogP contribution in [0.15, 0.2) is 12.1 Å². The monoisotopic (exact) mass is 240 g/mol. The Balaban J connectivity index is 2.37. The largest absolute Gasteiger partial charge is 0.494 e. The molecule has 1 fully saturated rings. The molecule has 0 radical (unpaired) electrons. The molecule has 3 nitrogen and oxygen atoms in total. The number of piperidine rings is 1. The SMILES string of the molecule is COc1cc(N)cc(Cl)c1N1CCCCC1. The van der Waals surface area contributed by atoms with Gasteiger partial charge < -0.3 is 15.4 Å². The van der Waals surface area contributed by atoms with Gasteiger partial charge in [-0.3, -0.25) is 0 Å². The van der Waals surface area contributed by atoms with Crippen LogP contribution in [0.4, 0.5) is 11.4 Å². The fraction of sp³-hybridized carbons (Fsp3) is 0.500. The van der Waals surface area contributed by atoms with Crippen LogP contribution < -0.4 is 15.4 Å². The van der Waals surface area contributed by atoms with Gasteiger partial charge in [-0.2, -0.15) is 0 Å². The van der Waals surface area contributed by atoms with Crippen LogP contribution in [0.5, 0.6) is 5.75 Å². The van der Waals surface area contributed by atoms with Gasteiger partial charge in [0.05, 0.1) is 17.8 Å². The molecule has 0 aromatic heterocycles. The fourth-order valence-electron chi connectivity index (χ4n) is 2.17. The standard InChI is InChI=1S/C12H17ClN2O/c1-16-11-8-9(14)7-10(13)12(11)15-5-3-2-4-6-15/h7-8H,2-6,14H2,1H3. The first-order valence-electron chi connectivity index (χ1n) is 5.60. The van der Waals surface area contributed by atoms with Crippen LogP contribution in [0.3, 0.4) is 0 Å². The highest BCUT2D eigenvalue weighted by Gasteiger charge is 2.18. The first kappa shape index (κ1) is 11.4. The van der Waals surface area contributed by atoms with E-state index in [1.807, 2.05) is 6.07 Å². The van der Waals surface area contributed by atoms with Gasteiger partial charge in [0.1, 0.15) is 5.75 Å². The molecule has 1 aliphatic rings. The second-order valence-corrected chi connectivity index (χ2v) is 4.51. The van der Waals surface area contributed by atoms with Crippen molar-refractivity contribution in [2.45, 2.75) is 19.3 Å². The number of rotatable bonds is 2. The molecule has 88 valence electrons. The summed E-state index contributed by atoms with van der Waals surface area (Å²) in [6.07, 6.45) is 3.72. The van der Waals surface area contributed by atoms with Gasteiger partial charge in [0.2, 0.25) is 0 Å². The van der Waals surface area contributed by atoms with E-state index < -0.39 is 0 Å². The number of hydrogen-bond donors (Lipinski definition) is 1. The van der Waals surface area contributed by atoms with Crippen LogP contribution in [-0.4, -0.2) is 20.2 Å². The van der Waals surface area contributed by atoms with Crippen molar-refractivity contribution in [1.82, 2.24) is 0 Å². The molecular formula is C12H17ClN2O. The fourth-order valence-corrected chi connectivity index (χ4v) is 2.51. The normalized spacial score (nSPS) is 16.2. The molecule has 0 unspecified atom stereocenters. The summed E-state index contributed by atoms with van der Waals surface area (Å²) >= 11 is 6.25. The van der Waals surface area contributed by atoms with Gasteiger partial charge in [0, 0.05) is 24.8 Å². The van der Waals surface area contributed by atoms with E-state index in [2.05, 4.69) is 4.90 Å². The third-order valence-electron chi connectivity index (χ3n) is 2.94. The van der Waals surface area contributed by atoms with Crippen molar-refractivity contribution < 1.29 is 4.74 Å². The van der Waals surface area contributed by atoms with Gasteiger partial charge in [0.15, 0.2) is 0 Å². The quantitative estimate of drug-likeness (QED) is 0.808. The molecule has 4 heteroatoms. The minimum atomic E-state index is 0.641. The lowest BCUT2D eigenvalue weighted by Gasteiger charge is -2.30. The topological polar surface area (TPSA) is 38.5 Å². The zero-order valence-corrected chi connectivity index (χ0v) is 10.3. The molecule has 0 bridgehead atoms. The Bertz CT molecular complexity index is 376. The lowest BCUT2D eigenvalue weighted by Crippen LogP contribution is -2.30.